The molecule has 1 heterocycles. The molecule has 5 nitrogen and oxygen atoms in total. The van der Waals surface area contributed by atoms with E-state index in [-0.39, 0.29) is 17.2 Å². The summed E-state index contributed by atoms with van der Waals surface area (Å²) in [5.74, 6) is -0.435. The van der Waals surface area contributed by atoms with Gasteiger partial charge in [-0.15, -0.1) is 0 Å². The van der Waals surface area contributed by atoms with Gasteiger partial charge in [-0.3, -0.25) is 0 Å². The first-order valence-electron chi connectivity index (χ1n) is 5.75. The smallest absolute Gasteiger partial charge is 0.416 e. The van der Waals surface area contributed by atoms with E-state index in [1.54, 1.807) is 0 Å². The zero-order chi connectivity index (χ0) is 15.5. The third kappa shape index (κ3) is 3.68. The van der Waals surface area contributed by atoms with Gasteiger partial charge in [0.2, 0.25) is 0 Å². The number of aromatic nitrogens is 2. The number of carbonyl (C=O) groups is 1. The van der Waals surface area contributed by atoms with Crippen LogP contribution in [-0.2, 0) is 10.9 Å². The number of ether oxygens (including phenoxy) is 1. The van der Waals surface area contributed by atoms with Gasteiger partial charge in [-0.1, -0.05) is 6.07 Å². The molecule has 1 aromatic heterocycles. The van der Waals surface area contributed by atoms with Crippen LogP contribution in [-0.4, -0.2) is 23.0 Å². The summed E-state index contributed by atoms with van der Waals surface area (Å²) in [5, 5.41) is 2.67. The van der Waals surface area contributed by atoms with Crippen LogP contribution in [0.25, 0.3) is 0 Å². The molecule has 8 heteroatoms. The quantitative estimate of drug-likeness (QED) is 0.882. The summed E-state index contributed by atoms with van der Waals surface area (Å²) in [6.45, 7) is 0. The normalized spacial score (nSPS) is 11.0. The maximum absolute atomic E-state index is 12.6. The van der Waals surface area contributed by atoms with Crippen LogP contribution < -0.4 is 5.32 Å². The fourth-order valence-corrected chi connectivity index (χ4v) is 1.52. The average Bonchev–Trinajstić information content (AvgIpc) is 2.47. The van der Waals surface area contributed by atoms with Crippen LogP contribution >= 0.6 is 0 Å². The zero-order valence-corrected chi connectivity index (χ0v) is 10.8. The fourth-order valence-electron chi connectivity index (χ4n) is 1.52. The minimum Gasteiger partial charge on any atom is -0.464 e. The summed E-state index contributed by atoms with van der Waals surface area (Å²) in [6.07, 6.45) is -2.02. The standard InChI is InChI=1S/C13H10F3N3O2/c1-21-12(20)10-6-18-11(7-17-10)19-9-4-2-3-8(5-9)13(14,15)16/h2-7H,1H3,(H,18,19). The SMILES string of the molecule is COC(=O)c1cnc(Nc2cccc(C(F)(F)F)c2)cn1. The summed E-state index contributed by atoms with van der Waals surface area (Å²) >= 11 is 0. The maximum Gasteiger partial charge on any atom is 0.416 e. The highest BCUT2D eigenvalue weighted by molar-refractivity contribution is 5.86. The number of halogens is 3. The highest BCUT2D eigenvalue weighted by Gasteiger charge is 2.30. The Bertz CT molecular complexity index is 642. The van der Waals surface area contributed by atoms with E-state index in [1.807, 2.05) is 0 Å². The van der Waals surface area contributed by atoms with E-state index < -0.39 is 17.7 Å². The number of carbonyl (C=O) groups excluding carboxylic acids is 1. The summed E-state index contributed by atoms with van der Waals surface area (Å²) in [5.41, 5.74) is -0.552. The molecule has 0 aliphatic carbocycles. The Kier molecular flexibility index (Phi) is 4.06. The first-order chi connectivity index (χ1) is 9.90. The van der Waals surface area contributed by atoms with Crippen LogP contribution in [0.3, 0.4) is 0 Å². The molecule has 21 heavy (non-hydrogen) atoms. The molecule has 0 bridgehead atoms. The van der Waals surface area contributed by atoms with Crippen molar-refractivity contribution in [3.8, 4) is 0 Å². The van der Waals surface area contributed by atoms with Crippen molar-refractivity contribution in [1.82, 2.24) is 9.97 Å². The van der Waals surface area contributed by atoms with Crippen molar-refractivity contribution in [2.45, 2.75) is 6.18 Å². The van der Waals surface area contributed by atoms with Crippen LogP contribution in [0.5, 0.6) is 0 Å². The van der Waals surface area contributed by atoms with Gasteiger partial charge in [0.1, 0.15) is 5.82 Å². The largest absolute Gasteiger partial charge is 0.464 e. The van der Waals surface area contributed by atoms with Gasteiger partial charge in [-0.2, -0.15) is 13.2 Å². The van der Waals surface area contributed by atoms with Crippen molar-refractivity contribution in [2.75, 3.05) is 12.4 Å². The van der Waals surface area contributed by atoms with Gasteiger partial charge in [0.15, 0.2) is 5.69 Å². The molecule has 0 saturated carbocycles. The van der Waals surface area contributed by atoms with E-state index in [9.17, 15) is 18.0 Å². The zero-order valence-electron chi connectivity index (χ0n) is 10.8. The summed E-state index contributed by atoms with van der Waals surface area (Å²) < 4.78 is 42.2. The van der Waals surface area contributed by atoms with Gasteiger partial charge < -0.3 is 10.1 Å². The predicted octanol–water partition coefficient (Wildman–Crippen LogP) is 3.03. The Labute approximate surface area is 117 Å². The third-order valence-electron chi connectivity index (χ3n) is 2.51. The molecule has 0 fully saturated rings. The predicted molar refractivity (Wildman–Crippen MR) is 68.1 cm³/mol. The number of hydrogen-bond donors (Lipinski definition) is 1. The number of benzene rings is 1. The first-order valence-corrected chi connectivity index (χ1v) is 5.75. The first kappa shape index (κ1) is 14.8. The van der Waals surface area contributed by atoms with E-state index in [1.165, 1.54) is 31.6 Å². The molecule has 2 aromatic rings. The molecular weight excluding hydrogens is 287 g/mol. The molecular formula is C13H10F3N3O2. The number of alkyl halides is 3. The van der Waals surface area contributed by atoms with E-state index >= 15 is 0 Å². The summed E-state index contributed by atoms with van der Waals surface area (Å²) in [6, 6.07) is 4.67. The Balaban J connectivity index is 2.17. The van der Waals surface area contributed by atoms with Crippen LogP contribution in [0.15, 0.2) is 36.7 Å². The molecule has 110 valence electrons. The van der Waals surface area contributed by atoms with Crippen LogP contribution in [0, 0.1) is 0 Å². The highest BCUT2D eigenvalue weighted by Crippen LogP contribution is 2.31. The second kappa shape index (κ2) is 5.78. The molecule has 0 aliphatic heterocycles. The van der Waals surface area contributed by atoms with Crippen molar-refractivity contribution in [2.24, 2.45) is 0 Å². The minimum absolute atomic E-state index is 0.00657. The lowest BCUT2D eigenvalue weighted by molar-refractivity contribution is -0.137. The lowest BCUT2D eigenvalue weighted by Gasteiger charge is -2.10. The topological polar surface area (TPSA) is 64.1 Å². The number of nitrogens with zero attached hydrogens (tertiary/aromatic N) is 2. The molecule has 0 unspecified atom stereocenters. The van der Waals surface area contributed by atoms with Gasteiger partial charge in [0, 0.05) is 5.69 Å². The van der Waals surface area contributed by atoms with Crippen LogP contribution in [0.1, 0.15) is 16.1 Å². The van der Waals surface area contributed by atoms with Crippen molar-refractivity contribution < 1.29 is 22.7 Å². The summed E-state index contributed by atoms with van der Waals surface area (Å²) in [7, 11) is 1.21. The number of methoxy groups -OCH3 is 1. The molecule has 1 aromatic carbocycles. The second-order valence-electron chi connectivity index (χ2n) is 3.98. The second-order valence-corrected chi connectivity index (χ2v) is 3.98. The van der Waals surface area contributed by atoms with Crippen molar-refractivity contribution in [3.05, 3.63) is 47.9 Å². The Hall–Kier alpha value is -2.64. The van der Waals surface area contributed by atoms with Crippen molar-refractivity contribution in [1.29, 1.82) is 0 Å². The lowest BCUT2D eigenvalue weighted by Crippen LogP contribution is -2.07. The maximum atomic E-state index is 12.6. The van der Waals surface area contributed by atoms with Gasteiger partial charge in [-0.25, -0.2) is 14.8 Å². The van der Waals surface area contributed by atoms with E-state index in [0.717, 1.165) is 12.1 Å². The van der Waals surface area contributed by atoms with Crippen LogP contribution in [0.4, 0.5) is 24.7 Å². The van der Waals surface area contributed by atoms with Crippen molar-refractivity contribution in [3.63, 3.8) is 0 Å². The molecule has 0 aliphatic rings. The minimum atomic E-state index is -4.42. The molecule has 1 N–H and O–H groups in total. The van der Waals surface area contributed by atoms with Gasteiger partial charge in [0.05, 0.1) is 25.1 Å². The molecule has 0 atom stereocenters. The fraction of sp³-hybridized carbons (Fsp3) is 0.154. The highest BCUT2D eigenvalue weighted by atomic mass is 19.4. The number of rotatable bonds is 3. The Morgan fingerprint density at radius 1 is 1.24 bits per heavy atom. The Morgan fingerprint density at radius 3 is 2.57 bits per heavy atom. The lowest BCUT2D eigenvalue weighted by atomic mass is 10.2. The third-order valence-corrected chi connectivity index (χ3v) is 2.51. The number of anilines is 2. The molecule has 0 saturated heterocycles. The molecule has 0 spiro atoms. The number of esters is 1. The Morgan fingerprint density at radius 2 is 2.00 bits per heavy atom. The van der Waals surface area contributed by atoms with E-state index in [0.29, 0.717) is 0 Å². The number of nitrogens with one attached hydrogen (secondary N) is 1. The molecule has 2 rings (SSSR count). The van der Waals surface area contributed by atoms with Gasteiger partial charge in [0.25, 0.3) is 0 Å². The van der Waals surface area contributed by atoms with E-state index in [2.05, 4.69) is 20.0 Å². The summed E-state index contributed by atoms with van der Waals surface area (Å²) in [4.78, 5) is 18.8. The van der Waals surface area contributed by atoms with Crippen molar-refractivity contribution >= 4 is 17.5 Å². The van der Waals surface area contributed by atoms with Gasteiger partial charge >= 0.3 is 12.1 Å². The van der Waals surface area contributed by atoms with Gasteiger partial charge in [-0.05, 0) is 18.2 Å². The monoisotopic (exact) mass is 297 g/mol. The number of hydrogen-bond acceptors (Lipinski definition) is 5. The average molecular weight is 297 g/mol. The van der Waals surface area contributed by atoms with E-state index in [4.69, 9.17) is 0 Å². The molecule has 0 amide bonds. The van der Waals surface area contributed by atoms with Crippen LogP contribution in [0.2, 0.25) is 0 Å². The molecule has 0 radical (unpaired) electrons.